The van der Waals surface area contributed by atoms with Crippen molar-refractivity contribution in [1.29, 1.82) is 0 Å². The maximum atomic E-state index is 12.8. The number of carbonyl (C=O) groups is 2. The van der Waals surface area contributed by atoms with Crippen LogP contribution in [0.15, 0.2) is 24.3 Å². The molecule has 2 amide bonds. The van der Waals surface area contributed by atoms with Crippen molar-refractivity contribution in [3.05, 3.63) is 35.4 Å². The van der Waals surface area contributed by atoms with Crippen LogP contribution < -0.4 is 5.73 Å². The predicted octanol–water partition coefficient (Wildman–Crippen LogP) is 1.74. The molecule has 1 unspecified atom stereocenters. The Labute approximate surface area is 137 Å². The van der Waals surface area contributed by atoms with Crippen LogP contribution >= 0.6 is 0 Å². The number of alkyl halides is 3. The van der Waals surface area contributed by atoms with Crippen molar-refractivity contribution in [2.75, 3.05) is 20.3 Å². The van der Waals surface area contributed by atoms with Crippen LogP contribution in [0, 0.1) is 0 Å². The first-order valence-corrected chi connectivity index (χ1v) is 7.46. The highest BCUT2D eigenvalue weighted by Gasteiger charge is 2.48. The fraction of sp³-hybridized carbons (Fsp3) is 0.500. The van der Waals surface area contributed by atoms with Gasteiger partial charge in [0.1, 0.15) is 5.54 Å². The SMILES string of the molecule is COCC1(C(N)=O)CCCN1C(=O)Cc1cccc(C(F)(F)F)c1. The van der Waals surface area contributed by atoms with E-state index in [1.807, 2.05) is 0 Å². The lowest BCUT2D eigenvalue weighted by molar-refractivity contribution is -0.146. The molecule has 0 aromatic heterocycles. The Morgan fingerprint density at radius 1 is 1.38 bits per heavy atom. The number of amides is 2. The third-order valence-electron chi connectivity index (χ3n) is 4.24. The molecule has 1 heterocycles. The van der Waals surface area contributed by atoms with Gasteiger partial charge in [-0.15, -0.1) is 0 Å². The summed E-state index contributed by atoms with van der Waals surface area (Å²) in [5.41, 5.74) is 3.65. The van der Waals surface area contributed by atoms with E-state index in [0.717, 1.165) is 12.1 Å². The van der Waals surface area contributed by atoms with E-state index in [1.54, 1.807) is 0 Å². The van der Waals surface area contributed by atoms with Gasteiger partial charge < -0.3 is 15.4 Å². The maximum absolute atomic E-state index is 12.8. The molecule has 1 atom stereocenters. The van der Waals surface area contributed by atoms with Gasteiger partial charge in [-0.05, 0) is 24.5 Å². The highest BCUT2D eigenvalue weighted by Crippen LogP contribution is 2.32. The van der Waals surface area contributed by atoms with Crippen molar-refractivity contribution < 1.29 is 27.5 Å². The minimum Gasteiger partial charge on any atom is -0.382 e. The molecule has 0 saturated carbocycles. The second-order valence-corrected chi connectivity index (χ2v) is 5.85. The lowest BCUT2D eigenvalue weighted by atomic mass is 9.95. The maximum Gasteiger partial charge on any atom is 0.416 e. The second-order valence-electron chi connectivity index (χ2n) is 5.85. The van der Waals surface area contributed by atoms with Gasteiger partial charge in [0.2, 0.25) is 11.8 Å². The number of carbonyl (C=O) groups excluding carboxylic acids is 2. The molecule has 1 aliphatic heterocycles. The number of benzene rings is 1. The van der Waals surface area contributed by atoms with E-state index in [1.165, 1.54) is 24.1 Å². The highest BCUT2D eigenvalue weighted by atomic mass is 19.4. The lowest BCUT2D eigenvalue weighted by Crippen LogP contribution is -2.59. The number of likely N-dealkylation sites (tertiary alicyclic amines) is 1. The topological polar surface area (TPSA) is 72.6 Å². The van der Waals surface area contributed by atoms with Crippen LogP contribution in [0.4, 0.5) is 13.2 Å². The molecule has 24 heavy (non-hydrogen) atoms. The van der Waals surface area contributed by atoms with Gasteiger partial charge >= 0.3 is 6.18 Å². The van der Waals surface area contributed by atoms with E-state index in [2.05, 4.69) is 0 Å². The van der Waals surface area contributed by atoms with Crippen LogP contribution in [-0.2, 0) is 26.9 Å². The molecule has 1 fully saturated rings. The third kappa shape index (κ3) is 3.53. The van der Waals surface area contributed by atoms with Crippen molar-refractivity contribution in [3.63, 3.8) is 0 Å². The number of ether oxygens (including phenoxy) is 1. The Morgan fingerprint density at radius 3 is 2.67 bits per heavy atom. The Bertz CT molecular complexity index is 633. The average molecular weight is 344 g/mol. The minimum absolute atomic E-state index is 0.0311. The number of hydrogen-bond donors (Lipinski definition) is 1. The van der Waals surface area contributed by atoms with E-state index in [9.17, 15) is 22.8 Å². The largest absolute Gasteiger partial charge is 0.416 e. The predicted molar refractivity (Wildman–Crippen MR) is 79.9 cm³/mol. The molecule has 0 radical (unpaired) electrons. The van der Waals surface area contributed by atoms with Gasteiger partial charge in [-0.2, -0.15) is 13.2 Å². The van der Waals surface area contributed by atoms with Crippen LogP contribution in [-0.4, -0.2) is 42.5 Å². The summed E-state index contributed by atoms with van der Waals surface area (Å²) in [6.45, 7) is 0.292. The molecule has 1 aliphatic rings. The summed E-state index contributed by atoms with van der Waals surface area (Å²) < 4.78 is 43.3. The summed E-state index contributed by atoms with van der Waals surface area (Å²) in [6.07, 6.45) is -3.74. The van der Waals surface area contributed by atoms with Gasteiger partial charge in [0, 0.05) is 13.7 Å². The van der Waals surface area contributed by atoms with E-state index in [-0.39, 0.29) is 18.6 Å². The van der Waals surface area contributed by atoms with Gasteiger partial charge in [-0.1, -0.05) is 18.2 Å². The van der Waals surface area contributed by atoms with Crippen LogP contribution in [0.2, 0.25) is 0 Å². The van der Waals surface area contributed by atoms with E-state index >= 15 is 0 Å². The Kier molecular flexibility index (Phi) is 5.17. The third-order valence-corrected chi connectivity index (χ3v) is 4.24. The molecule has 0 bridgehead atoms. The number of nitrogens with two attached hydrogens (primary N) is 1. The smallest absolute Gasteiger partial charge is 0.382 e. The van der Waals surface area contributed by atoms with Crippen molar-refractivity contribution in [2.45, 2.75) is 31.0 Å². The van der Waals surface area contributed by atoms with Crippen molar-refractivity contribution >= 4 is 11.8 Å². The number of methoxy groups -OCH3 is 1. The molecular weight excluding hydrogens is 325 g/mol. The first-order chi connectivity index (χ1) is 11.2. The Balaban J connectivity index is 2.21. The molecule has 8 heteroatoms. The molecule has 0 spiro atoms. The molecule has 132 valence electrons. The fourth-order valence-electron chi connectivity index (χ4n) is 3.09. The molecule has 2 rings (SSSR count). The van der Waals surface area contributed by atoms with Gasteiger partial charge in [-0.3, -0.25) is 9.59 Å². The molecule has 0 aliphatic carbocycles. The molecular formula is C16H19F3N2O3. The summed E-state index contributed by atoms with van der Waals surface area (Å²) in [6, 6.07) is 4.59. The number of primary amides is 1. The summed E-state index contributed by atoms with van der Waals surface area (Å²) >= 11 is 0. The molecule has 1 aromatic carbocycles. The van der Waals surface area contributed by atoms with Gasteiger partial charge in [-0.25, -0.2) is 0 Å². The Morgan fingerprint density at radius 2 is 2.08 bits per heavy atom. The van der Waals surface area contributed by atoms with Crippen LogP contribution in [0.25, 0.3) is 0 Å². The monoisotopic (exact) mass is 344 g/mol. The number of nitrogens with zero attached hydrogens (tertiary/aromatic N) is 1. The minimum atomic E-state index is -4.47. The van der Waals surface area contributed by atoms with Crippen molar-refractivity contribution in [3.8, 4) is 0 Å². The second kappa shape index (κ2) is 6.80. The number of rotatable bonds is 5. The first kappa shape index (κ1) is 18.3. The van der Waals surface area contributed by atoms with Gasteiger partial charge in [0.05, 0.1) is 18.6 Å². The summed E-state index contributed by atoms with van der Waals surface area (Å²) in [7, 11) is 1.40. The standard InChI is InChI=1S/C16H19F3N2O3/c1-24-10-15(14(20)23)6-3-7-21(15)13(22)9-11-4-2-5-12(8-11)16(17,18)19/h2,4-5,8H,3,6-7,9-10H2,1H3,(H2,20,23). The number of halogens is 3. The first-order valence-electron chi connectivity index (χ1n) is 7.46. The fourth-order valence-corrected chi connectivity index (χ4v) is 3.09. The molecule has 2 N–H and O–H groups in total. The van der Waals surface area contributed by atoms with Gasteiger partial charge in [0.15, 0.2) is 0 Å². The highest BCUT2D eigenvalue weighted by molar-refractivity contribution is 5.92. The average Bonchev–Trinajstić information content (AvgIpc) is 2.92. The van der Waals surface area contributed by atoms with Crippen LogP contribution in [0.3, 0.4) is 0 Å². The van der Waals surface area contributed by atoms with Gasteiger partial charge in [0.25, 0.3) is 0 Å². The summed E-state index contributed by atoms with van der Waals surface area (Å²) in [5.74, 6) is -1.11. The molecule has 1 aromatic rings. The van der Waals surface area contributed by atoms with Crippen molar-refractivity contribution in [1.82, 2.24) is 4.90 Å². The zero-order valence-electron chi connectivity index (χ0n) is 13.2. The van der Waals surface area contributed by atoms with E-state index in [4.69, 9.17) is 10.5 Å². The summed E-state index contributed by atoms with van der Waals surface area (Å²) in [4.78, 5) is 25.8. The zero-order chi connectivity index (χ0) is 18.0. The lowest BCUT2D eigenvalue weighted by Gasteiger charge is -2.35. The zero-order valence-corrected chi connectivity index (χ0v) is 13.2. The normalized spacial score (nSPS) is 21.1. The van der Waals surface area contributed by atoms with Crippen molar-refractivity contribution in [2.24, 2.45) is 5.73 Å². The summed E-state index contributed by atoms with van der Waals surface area (Å²) in [5, 5.41) is 0. The van der Waals surface area contributed by atoms with E-state index < -0.39 is 29.1 Å². The molecule has 5 nitrogen and oxygen atoms in total. The van der Waals surface area contributed by atoms with Crippen LogP contribution in [0.1, 0.15) is 24.0 Å². The van der Waals surface area contributed by atoms with Crippen LogP contribution in [0.5, 0.6) is 0 Å². The quantitative estimate of drug-likeness (QED) is 0.884. The Hall–Kier alpha value is -2.09. The molecule has 1 saturated heterocycles. The number of hydrogen-bond acceptors (Lipinski definition) is 3. The van der Waals surface area contributed by atoms with E-state index in [0.29, 0.717) is 19.4 Å².